The molecule has 6 nitrogen and oxygen atoms in total. The van der Waals surface area contributed by atoms with Gasteiger partial charge in [0.25, 0.3) is 0 Å². The van der Waals surface area contributed by atoms with Gasteiger partial charge in [0, 0.05) is 38.9 Å². The van der Waals surface area contributed by atoms with Gasteiger partial charge < -0.3 is 14.4 Å². The van der Waals surface area contributed by atoms with E-state index in [1.807, 2.05) is 36.4 Å². The average Bonchev–Trinajstić information content (AvgIpc) is 2.94. The van der Waals surface area contributed by atoms with E-state index in [0.29, 0.717) is 0 Å². The monoisotopic (exact) mass is 345 g/mol. The van der Waals surface area contributed by atoms with Crippen molar-refractivity contribution in [1.82, 2.24) is 19.7 Å². The van der Waals surface area contributed by atoms with Gasteiger partial charge in [-0.15, -0.1) is 10.2 Å². The maximum absolute atomic E-state index is 12.7. The lowest BCUT2D eigenvalue weighted by Crippen LogP contribution is -2.50. The number of anilines is 1. The highest BCUT2D eigenvalue weighted by Crippen LogP contribution is 2.24. The SMILES string of the molecule is Cc1nnc(S[C@@H](C)C(=O)N2CCN(c3ccccc3)CC2)n1C. The Kier molecular flexibility index (Phi) is 5.08. The molecule has 2 aromatic rings. The number of carbonyl (C=O) groups excluding carboxylic acids is 1. The first-order valence-corrected chi connectivity index (χ1v) is 9.05. The summed E-state index contributed by atoms with van der Waals surface area (Å²) in [7, 11) is 1.92. The van der Waals surface area contributed by atoms with Crippen LogP contribution in [0.15, 0.2) is 35.5 Å². The third kappa shape index (κ3) is 3.56. The van der Waals surface area contributed by atoms with Crippen molar-refractivity contribution >= 4 is 23.4 Å². The number of rotatable bonds is 4. The van der Waals surface area contributed by atoms with Gasteiger partial charge in [0.15, 0.2) is 5.16 Å². The predicted octanol–water partition coefficient (Wildman–Crippen LogP) is 1.95. The first-order valence-electron chi connectivity index (χ1n) is 8.17. The van der Waals surface area contributed by atoms with Crippen molar-refractivity contribution in [2.24, 2.45) is 7.05 Å². The Morgan fingerprint density at radius 3 is 2.38 bits per heavy atom. The molecule has 1 atom stereocenters. The van der Waals surface area contributed by atoms with Crippen LogP contribution in [-0.2, 0) is 11.8 Å². The Morgan fingerprint density at radius 2 is 1.79 bits per heavy atom. The van der Waals surface area contributed by atoms with Crippen molar-refractivity contribution in [2.75, 3.05) is 31.1 Å². The molecule has 7 heteroatoms. The summed E-state index contributed by atoms with van der Waals surface area (Å²) in [5.74, 6) is 1.03. The normalized spacial score (nSPS) is 16.3. The predicted molar refractivity (Wildman–Crippen MR) is 96.3 cm³/mol. The Labute approximate surface area is 146 Å². The van der Waals surface area contributed by atoms with Gasteiger partial charge >= 0.3 is 0 Å². The standard InChI is InChI=1S/C17H23N5OS/c1-13(24-17-19-18-14(2)20(17)3)16(23)22-11-9-21(10-12-22)15-7-5-4-6-8-15/h4-8,13H,9-12H2,1-3H3/t13-/m0/s1. The highest BCUT2D eigenvalue weighted by Gasteiger charge is 2.26. The molecule has 0 aliphatic carbocycles. The molecule has 128 valence electrons. The fourth-order valence-electron chi connectivity index (χ4n) is 2.78. The van der Waals surface area contributed by atoms with Gasteiger partial charge in [0.1, 0.15) is 5.82 Å². The molecule has 1 fully saturated rings. The minimum atomic E-state index is -0.157. The molecule has 3 rings (SSSR count). The van der Waals surface area contributed by atoms with Crippen molar-refractivity contribution in [3.05, 3.63) is 36.2 Å². The van der Waals surface area contributed by atoms with E-state index in [9.17, 15) is 4.79 Å². The molecule has 0 spiro atoms. The van der Waals surface area contributed by atoms with Crippen molar-refractivity contribution < 1.29 is 4.79 Å². The number of benzene rings is 1. The van der Waals surface area contributed by atoms with Gasteiger partial charge in [-0.25, -0.2) is 0 Å². The maximum atomic E-state index is 12.7. The summed E-state index contributed by atoms with van der Waals surface area (Å²) >= 11 is 1.47. The third-order valence-corrected chi connectivity index (χ3v) is 5.52. The van der Waals surface area contributed by atoms with Crippen LogP contribution in [0.1, 0.15) is 12.7 Å². The number of piperazine rings is 1. The number of aryl methyl sites for hydroxylation is 1. The van der Waals surface area contributed by atoms with E-state index in [0.717, 1.165) is 37.2 Å². The zero-order valence-electron chi connectivity index (χ0n) is 14.3. The first kappa shape index (κ1) is 16.8. The Hall–Kier alpha value is -2.02. The van der Waals surface area contributed by atoms with Crippen LogP contribution in [0.2, 0.25) is 0 Å². The number of thioether (sulfide) groups is 1. The third-order valence-electron chi connectivity index (χ3n) is 4.40. The van der Waals surface area contributed by atoms with E-state index in [2.05, 4.69) is 39.4 Å². The number of hydrogen-bond donors (Lipinski definition) is 0. The molecule has 1 aliphatic heterocycles. The second-order valence-electron chi connectivity index (χ2n) is 6.00. The Morgan fingerprint density at radius 1 is 1.12 bits per heavy atom. The molecule has 2 heterocycles. The lowest BCUT2D eigenvalue weighted by Gasteiger charge is -2.37. The molecule has 0 radical (unpaired) electrons. The Bertz CT molecular complexity index is 694. The molecule has 0 unspecified atom stereocenters. The summed E-state index contributed by atoms with van der Waals surface area (Å²) in [6, 6.07) is 10.4. The number of hydrogen-bond acceptors (Lipinski definition) is 5. The van der Waals surface area contributed by atoms with Crippen LogP contribution in [0, 0.1) is 6.92 Å². The minimum absolute atomic E-state index is 0.157. The van der Waals surface area contributed by atoms with Crippen molar-refractivity contribution in [2.45, 2.75) is 24.3 Å². The molecule has 1 amide bonds. The molecule has 0 bridgehead atoms. The van der Waals surface area contributed by atoms with Gasteiger partial charge in [-0.05, 0) is 26.0 Å². The molecule has 1 aliphatic rings. The van der Waals surface area contributed by atoms with Gasteiger partial charge in [0.2, 0.25) is 5.91 Å². The summed E-state index contributed by atoms with van der Waals surface area (Å²) in [5.41, 5.74) is 1.22. The molecule has 1 saturated heterocycles. The Balaban J connectivity index is 1.56. The van der Waals surface area contributed by atoms with E-state index >= 15 is 0 Å². The lowest BCUT2D eigenvalue weighted by atomic mass is 10.2. The molecule has 1 aromatic heterocycles. The van der Waals surface area contributed by atoms with E-state index in [4.69, 9.17) is 0 Å². The summed E-state index contributed by atoms with van der Waals surface area (Å²) in [6.07, 6.45) is 0. The summed E-state index contributed by atoms with van der Waals surface area (Å²) in [6.45, 7) is 7.12. The summed E-state index contributed by atoms with van der Waals surface area (Å²) in [5, 5.41) is 8.81. The van der Waals surface area contributed by atoms with Crippen LogP contribution in [0.5, 0.6) is 0 Å². The van der Waals surface area contributed by atoms with Gasteiger partial charge in [-0.2, -0.15) is 0 Å². The van der Waals surface area contributed by atoms with Gasteiger partial charge in [0.05, 0.1) is 5.25 Å². The van der Waals surface area contributed by atoms with Crippen molar-refractivity contribution in [3.8, 4) is 0 Å². The number of amides is 1. The summed E-state index contributed by atoms with van der Waals surface area (Å²) in [4.78, 5) is 17.0. The number of nitrogens with zero attached hydrogens (tertiary/aromatic N) is 5. The van der Waals surface area contributed by atoms with Gasteiger partial charge in [-0.3, -0.25) is 4.79 Å². The van der Waals surface area contributed by atoms with Crippen LogP contribution in [0.25, 0.3) is 0 Å². The molecule has 0 saturated carbocycles. The van der Waals surface area contributed by atoms with Crippen LogP contribution in [0.3, 0.4) is 0 Å². The molecule has 0 N–H and O–H groups in total. The van der Waals surface area contributed by atoms with Crippen LogP contribution >= 0.6 is 11.8 Å². The molecular formula is C17H23N5OS. The molecular weight excluding hydrogens is 322 g/mol. The summed E-state index contributed by atoms with van der Waals surface area (Å²) < 4.78 is 1.92. The van der Waals surface area contributed by atoms with Crippen LogP contribution in [-0.4, -0.2) is 57.0 Å². The fourth-order valence-corrected chi connectivity index (χ4v) is 3.72. The number of para-hydroxylation sites is 1. The highest BCUT2D eigenvalue weighted by atomic mass is 32.2. The quantitative estimate of drug-likeness (QED) is 0.793. The van der Waals surface area contributed by atoms with E-state index in [1.165, 1.54) is 17.4 Å². The minimum Gasteiger partial charge on any atom is -0.368 e. The van der Waals surface area contributed by atoms with Crippen LogP contribution < -0.4 is 4.90 Å². The van der Waals surface area contributed by atoms with E-state index in [-0.39, 0.29) is 11.2 Å². The zero-order valence-corrected chi connectivity index (χ0v) is 15.2. The lowest BCUT2D eigenvalue weighted by molar-refractivity contribution is -0.130. The second kappa shape index (κ2) is 7.25. The van der Waals surface area contributed by atoms with Crippen LogP contribution in [0.4, 0.5) is 5.69 Å². The number of aromatic nitrogens is 3. The van der Waals surface area contributed by atoms with Crippen molar-refractivity contribution in [3.63, 3.8) is 0 Å². The fraction of sp³-hybridized carbons (Fsp3) is 0.471. The van der Waals surface area contributed by atoms with Crippen molar-refractivity contribution in [1.29, 1.82) is 0 Å². The topological polar surface area (TPSA) is 54.3 Å². The van der Waals surface area contributed by atoms with E-state index < -0.39 is 0 Å². The largest absolute Gasteiger partial charge is 0.368 e. The molecule has 1 aromatic carbocycles. The van der Waals surface area contributed by atoms with E-state index in [1.54, 1.807) is 0 Å². The molecule has 24 heavy (non-hydrogen) atoms. The number of carbonyl (C=O) groups is 1. The highest BCUT2D eigenvalue weighted by molar-refractivity contribution is 8.00. The maximum Gasteiger partial charge on any atom is 0.236 e. The smallest absolute Gasteiger partial charge is 0.236 e. The average molecular weight is 345 g/mol. The zero-order chi connectivity index (χ0) is 17.1. The first-order chi connectivity index (χ1) is 11.6. The second-order valence-corrected chi connectivity index (χ2v) is 7.30. The van der Waals surface area contributed by atoms with Gasteiger partial charge in [-0.1, -0.05) is 30.0 Å².